The van der Waals surface area contributed by atoms with Crippen LogP contribution in [-0.4, -0.2) is 22.7 Å². The van der Waals surface area contributed by atoms with Gasteiger partial charge in [0.05, 0.1) is 6.10 Å². The molecule has 1 aliphatic heterocycles. The van der Waals surface area contributed by atoms with Gasteiger partial charge in [0.15, 0.2) is 0 Å². The number of hydrogen-bond donors (Lipinski definition) is 1. The number of aliphatic hydroxyl groups is 1. The van der Waals surface area contributed by atoms with E-state index in [2.05, 4.69) is 41.3 Å². The largest absolute Gasteiger partial charge is 0.391 e. The Morgan fingerprint density at radius 2 is 1.47 bits per heavy atom. The molecule has 0 fully saturated rings. The van der Waals surface area contributed by atoms with Gasteiger partial charge in [0.25, 0.3) is 0 Å². The van der Waals surface area contributed by atoms with Crippen LogP contribution in [0.5, 0.6) is 0 Å². The van der Waals surface area contributed by atoms with Crippen molar-refractivity contribution in [1.82, 2.24) is 4.90 Å². The smallest absolute Gasteiger partial charge is 0.0707 e. The van der Waals surface area contributed by atoms with Crippen molar-refractivity contribution < 1.29 is 5.11 Å². The van der Waals surface area contributed by atoms with Crippen molar-refractivity contribution in [3.63, 3.8) is 0 Å². The molecule has 0 spiro atoms. The van der Waals surface area contributed by atoms with E-state index in [4.69, 9.17) is 0 Å². The summed E-state index contributed by atoms with van der Waals surface area (Å²) in [4.78, 5) is 2.32. The third-order valence-corrected chi connectivity index (χ3v) is 3.69. The highest BCUT2D eigenvalue weighted by molar-refractivity contribution is 5.30. The molecule has 0 bridgehead atoms. The first-order valence-corrected chi connectivity index (χ1v) is 6.82. The summed E-state index contributed by atoms with van der Waals surface area (Å²) in [6.45, 7) is 2.66. The van der Waals surface area contributed by atoms with E-state index in [0.717, 1.165) is 26.1 Å². The molecule has 2 heteroatoms. The van der Waals surface area contributed by atoms with E-state index in [1.807, 2.05) is 18.2 Å². The van der Waals surface area contributed by atoms with Gasteiger partial charge in [0.2, 0.25) is 0 Å². The number of β-amino-alcohol motifs (C(OH)–C–C–N with tert-alkyl or cyclic N) is 1. The molecule has 98 valence electrons. The molecule has 0 saturated carbocycles. The molecular weight excluding hydrogens is 234 g/mol. The minimum atomic E-state index is -0.295. The molecule has 1 aliphatic rings. The van der Waals surface area contributed by atoms with E-state index in [0.29, 0.717) is 0 Å². The Kier molecular flexibility index (Phi) is 3.62. The van der Waals surface area contributed by atoms with Crippen LogP contribution < -0.4 is 0 Å². The molecule has 3 rings (SSSR count). The summed E-state index contributed by atoms with van der Waals surface area (Å²) in [6, 6.07) is 18.7. The van der Waals surface area contributed by atoms with E-state index >= 15 is 0 Å². The van der Waals surface area contributed by atoms with E-state index in [-0.39, 0.29) is 6.10 Å². The second-order valence-electron chi connectivity index (χ2n) is 5.28. The van der Waals surface area contributed by atoms with Crippen LogP contribution in [-0.2, 0) is 19.5 Å². The Morgan fingerprint density at radius 1 is 0.895 bits per heavy atom. The average molecular weight is 253 g/mol. The highest BCUT2D eigenvalue weighted by atomic mass is 16.3. The lowest BCUT2D eigenvalue weighted by molar-refractivity contribution is 0.112. The molecule has 0 aliphatic carbocycles. The van der Waals surface area contributed by atoms with Crippen LogP contribution >= 0.6 is 0 Å². The zero-order chi connectivity index (χ0) is 13.1. The normalized spacial score (nSPS) is 16.3. The lowest BCUT2D eigenvalue weighted by Gasteiger charge is -2.19. The van der Waals surface area contributed by atoms with Crippen molar-refractivity contribution >= 4 is 0 Å². The van der Waals surface area contributed by atoms with Crippen molar-refractivity contribution in [2.24, 2.45) is 0 Å². The lowest BCUT2D eigenvalue weighted by Crippen LogP contribution is -2.29. The summed E-state index contributed by atoms with van der Waals surface area (Å²) in [7, 11) is 0. The van der Waals surface area contributed by atoms with Gasteiger partial charge in [-0.15, -0.1) is 0 Å². The van der Waals surface area contributed by atoms with Crippen LogP contribution in [0.15, 0.2) is 54.6 Å². The van der Waals surface area contributed by atoms with Crippen LogP contribution in [0.2, 0.25) is 0 Å². The van der Waals surface area contributed by atoms with Crippen molar-refractivity contribution in [3.8, 4) is 0 Å². The summed E-state index contributed by atoms with van der Waals surface area (Å²) < 4.78 is 0. The first kappa shape index (κ1) is 12.4. The standard InChI is InChI=1S/C17H19NO/c19-17(10-14-6-2-1-3-7-14)13-18-11-15-8-4-5-9-16(15)12-18/h1-9,17,19H,10-13H2. The number of rotatable bonds is 4. The fourth-order valence-corrected chi connectivity index (χ4v) is 2.78. The van der Waals surface area contributed by atoms with E-state index in [9.17, 15) is 5.11 Å². The predicted octanol–water partition coefficient (Wildman–Crippen LogP) is 2.61. The topological polar surface area (TPSA) is 23.5 Å². The second-order valence-corrected chi connectivity index (χ2v) is 5.28. The molecule has 2 nitrogen and oxygen atoms in total. The molecule has 1 atom stereocenters. The molecule has 0 saturated heterocycles. The molecule has 0 aromatic heterocycles. The van der Waals surface area contributed by atoms with E-state index < -0.39 is 0 Å². The van der Waals surface area contributed by atoms with Gasteiger partial charge in [-0.1, -0.05) is 54.6 Å². The molecular formula is C17H19NO. The molecule has 1 N–H and O–H groups in total. The summed E-state index contributed by atoms with van der Waals surface area (Å²) in [5, 5.41) is 10.2. The molecule has 2 aromatic rings. The highest BCUT2D eigenvalue weighted by Crippen LogP contribution is 2.22. The van der Waals surface area contributed by atoms with Crippen LogP contribution in [0.3, 0.4) is 0 Å². The van der Waals surface area contributed by atoms with Crippen molar-refractivity contribution in [3.05, 3.63) is 71.3 Å². The highest BCUT2D eigenvalue weighted by Gasteiger charge is 2.20. The molecule has 19 heavy (non-hydrogen) atoms. The molecule has 0 radical (unpaired) electrons. The van der Waals surface area contributed by atoms with Crippen LogP contribution in [0, 0.1) is 0 Å². The number of hydrogen-bond acceptors (Lipinski definition) is 2. The van der Waals surface area contributed by atoms with Gasteiger partial charge in [-0.2, -0.15) is 0 Å². The number of nitrogens with zero attached hydrogens (tertiary/aromatic N) is 1. The molecule has 0 amide bonds. The van der Waals surface area contributed by atoms with Crippen LogP contribution in [0.4, 0.5) is 0 Å². The van der Waals surface area contributed by atoms with Crippen molar-refractivity contribution in [2.45, 2.75) is 25.6 Å². The van der Waals surface area contributed by atoms with Crippen molar-refractivity contribution in [2.75, 3.05) is 6.54 Å². The molecule has 2 aromatic carbocycles. The van der Waals surface area contributed by atoms with Crippen LogP contribution in [0.1, 0.15) is 16.7 Å². The third kappa shape index (κ3) is 3.03. The Bertz CT molecular complexity index is 513. The first-order chi connectivity index (χ1) is 9.31. The SMILES string of the molecule is OC(Cc1ccccc1)CN1Cc2ccccc2C1. The maximum Gasteiger partial charge on any atom is 0.0707 e. The van der Waals surface area contributed by atoms with E-state index in [1.54, 1.807) is 0 Å². The fraction of sp³-hybridized carbons (Fsp3) is 0.294. The maximum atomic E-state index is 10.2. The van der Waals surface area contributed by atoms with Gasteiger partial charge in [0, 0.05) is 19.6 Å². The molecule has 1 unspecified atom stereocenters. The van der Waals surface area contributed by atoms with Gasteiger partial charge in [0.1, 0.15) is 0 Å². The predicted molar refractivity (Wildman–Crippen MR) is 76.7 cm³/mol. The Hall–Kier alpha value is -1.64. The number of aliphatic hydroxyl groups excluding tert-OH is 1. The van der Waals surface area contributed by atoms with Gasteiger partial charge >= 0.3 is 0 Å². The summed E-state index contributed by atoms with van der Waals surface area (Å²) in [5.74, 6) is 0. The fourth-order valence-electron chi connectivity index (χ4n) is 2.78. The first-order valence-electron chi connectivity index (χ1n) is 6.82. The number of fused-ring (bicyclic) bond motifs is 1. The zero-order valence-electron chi connectivity index (χ0n) is 11.0. The Balaban J connectivity index is 1.56. The van der Waals surface area contributed by atoms with Gasteiger partial charge in [-0.25, -0.2) is 0 Å². The zero-order valence-corrected chi connectivity index (χ0v) is 11.0. The third-order valence-electron chi connectivity index (χ3n) is 3.69. The Labute approximate surface area is 114 Å². The summed E-state index contributed by atoms with van der Waals surface area (Å²) in [6.07, 6.45) is 0.435. The van der Waals surface area contributed by atoms with E-state index in [1.165, 1.54) is 16.7 Å². The minimum absolute atomic E-state index is 0.295. The van der Waals surface area contributed by atoms with Gasteiger partial charge in [-0.05, 0) is 23.1 Å². The van der Waals surface area contributed by atoms with Gasteiger partial charge < -0.3 is 5.11 Å². The van der Waals surface area contributed by atoms with Crippen molar-refractivity contribution in [1.29, 1.82) is 0 Å². The second kappa shape index (κ2) is 5.55. The van der Waals surface area contributed by atoms with Gasteiger partial charge in [-0.3, -0.25) is 4.90 Å². The summed E-state index contributed by atoms with van der Waals surface area (Å²) in [5.41, 5.74) is 4.00. The maximum absolute atomic E-state index is 10.2. The monoisotopic (exact) mass is 253 g/mol. The average Bonchev–Trinajstić information content (AvgIpc) is 2.81. The van der Waals surface area contributed by atoms with Crippen LogP contribution in [0.25, 0.3) is 0 Å². The summed E-state index contributed by atoms with van der Waals surface area (Å²) >= 11 is 0. The minimum Gasteiger partial charge on any atom is -0.391 e. The Morgan fingerprint density at radius 3 is 2.11 bits per heavy atom. The molecule has 1 heterocycles. The number of benzene rings is 2. The quantitative estimate of drug-likeness (QED) is 0.905. The lowest BCUT2D eigenvalue weighted by atomic mass is 10.1.